The van der Waals surface area contributed by atoms with E-state index in [-0.39, 0.29) is 11.7 Å². The molecule has 1 atom stereocenters. The SMILES string of the molecule is COC(C)C(=O)N1CCc2cc(F)cc(C)c2C1. The minimum Gasteiger partial charge on any atom is -0.372 e. The molecule has 0 saturated carbocycles. The summed E-state index contributed by atoms with van der Waals surface area (Å²) in [4.78, 5) is 13.8. The molecule has 0 saturated heterocycles. The third-order valence-corrected chi connectivity index (χ3v) is 3.54. The highest BCUT2D eigenvalue weighted by Gasteiger charge is 2.25. The largest absolute Gasteiger partial charge is 0.372 e. The average molecular weight is 251 g/mol. The number of aryl methyl sites for hydroxylation is 1. The molecule has 1 amide bonds. The van der Waals surface area contributed by atoms with E-state index in [0.717, 1.165) is 16.7 Å². The summed E-state index contributed by atoms with van der Waals surface area (Å²) >= 11 is 0. The smallest absolute Gasteiger partial charge is 0.251 e. The van der Waals surface area contributed by atoms with Gasteiger partial charge >= 0.3 is 0 Å². The molecule has 1 aliphatic heterocycles. The number of hydrogen-bond acceptors (Lipinski definition) is 2. The molecule has 0 radical (unpaired) electrons. The van der Waals surface area contributed by atoms with Gasteiger partial charge in [0.15, 0.2) is 0 Å². The highest BCUT2D eigenvalue weighted by molar-refractivity contribution is 5.80. The van der Waals surface area contributed by atoms with Crippen molar-refractivity contribution in [3.63, 3.8) is 0 Å². The topological polar surface area (TPSA) is 29.5 Å². The average Bonchev–Trinajstić information content (AvgIpc) is 2.36. The van der Waals surface area contributed by atoms with E-state index in [1.807, 2.05) is 6.92 Å². The number of amides is 1. The lowest BCUT2D eigenvalue weighted by atomic mass is 9.95. The number of rotatable bonds is 2. The number of halogens is 1. The third-order valence-electron chi connectivity index (χ3n) is 3.54. The molecular weight excluding hydrogens is 233 g/mol. The Kier molecular flexibility index (Phi) is 3.66. The second-order valence-electron chi connectivity index (χ2n) is 4.75. The van der Waals surface area contributed by atoms with E-state index >= 15 is 0 Å². The first-order valence-electron chi connectivity index (χ1n) is 6.12. The summed E-state index contributed by atoms with van der Waals surface area (Å²) in [5.74, 6) is -0.205. The summed E-state index contributed by atoms with van der Waals surface area (Å²) in [6.07, 6.45) is 0.281. The maximum Gasteiger partial charge on any atom is 0.251 e. The molecule has 1 unspecified atom stereocenters. The van der Waals surface area contributed by atoms with Crippen LogP contribution in [0.3, 0.4) is 0 Å². The Labute approximate surface area is 107 Å². The Morgan fingerprint density at radius 2 is 2.22 bits per heavy atom. The van der Waals surface area contributed by atoms with E-state index < -0.39 is 6.10 Å². The number of carbonyl (C=O) groups excluding carboxylic acids is 1. The lowest BCUT2D eigenvalue weighted by Crippen LogP contribution is -2.42. The van der Waals surface area contributed by atoms with Gasteiger partial charge in [-0.2, -0.15) is 0 Å². The maximum absolute atomic E-state index is 13.3. The monoisotopic (exact) mass is 251 g/mol. The number of hydrogen-bond donors (Lipinski definition) is 0. The Balaban J connectivity index is 2.22. The van der Waals surface area contributed by atoms with Crippen molar-refractivity contribution in [1.82, 2.24) is 4.90 Å². The van der Waals surface area contributed by atoms with Crippen molar-refractivity contribution in [3.8, 4) is 0 Å². The van der Waals surface area contributed by atoms with Gasteiger partial charge in [0.1, 0.15) is 11.9 Å². The van der Waals surface area contributed by atoms with E-state index in [0.29, 0.717) is 19.5 Å². The Hall–Kier alpha value is -1.42. The highest BCUT2D eigenvalue weighted by Crippen LogP contribution is 2.24. The number of benzene rings is 1. The molecule has 4 heteroatoms. The number of methoxy groups -OCH3 is 1. The second kappa shape index (κ2) is 5.06. The van der Waals surface area contributed by atoms with Gasteiger partial charge in [-0.15, -0.1) is 0 Å². The summed E-state index contributed by atoms with van der Waals surface area (Å²) in [6, 6.07) is 3.09. The molecule has 98 valence electrons. The molecule has 3 nitrogen and oxygen atoms in total. The van der Waals surface area contributed by atoms with Crippen molar-refractivity contribution >= 4 is 5.91 Å². The van der Waals surface area contributed by atoms with E-state index in [1.165, 1.54) is 13.2 Å². The quantitative estimate of drug-likeness (QED) is 0.805. The normalized spacial score (nSPS) is 16.3. The minimum absolute atomic E-state index is 0.00752. The van der Waals surface area contributed by atoms with Crippen LogP contribution in [0.2, 0.25) is 0 Å². The van der Waals surface area contributed by atoms with Crippen LogP contribution < -0.4 is 0 Å². The molecule has 1 aromatic carbocycles. The van der Waals surface area contributed by atoms with Crippen LogP contribution in [0, 0.1) is 12.7 Å². The fraction of sp³-hybridized carbons (Fsp3) is 0.500. The van der Waals surface area contributed by atoms with Gasteiger partial charge in [0.05, 0.1) is 0 Å². The van der Waals surface area contributed by atoms with E-state index in [9.17, 15) is 9.18 Å². The second-order valence-corrected chi connectivity index (χ2v) is 4.75. The van der Waals surface area contributed by atoms with E-state index in [4.69, 9.17) is 4.74 Å². The lowest BCUT2D eigenvalue weighted by Gasteiger charge is -2.31. The van der Waals surface area contributed by atoms with Gasteiger partial charge in [-0.3, -0.25) is 4.79 Å². The molecule has 1 aromatic rings. The Bertz CT molecular complexity index is 473. The fourth-order valence-electron chi connectivity index (χ4n) is 2.36. The highest BCUT2D eigenvalue weighted by atomic mass is 19.1. The zero-order chi connectivity index (χ0) is 13.3. The van der Waals surface area contributed by atoms with Gasteiger partial charge in [-0.1, -0.05) is 0 Å². The first-order chi connectivity index (χ1) is 8.52. The van der Waals surface area contributed by atoms with Crippen molar-refractivity contribution in [3.05, 3.63) is 34.6 Å². The summed E-state index contributed by atoms with van der Waals surface area (Å²) < 4.78 is 18.3. The molecular formula is C14H18FNO2. The van der Waals surface area contributed by atoms with Crippen molar-refractivity contribution in [2.24, 2.45) is 0 Å². The van der Waals surface area contributed by atoms with Crippen LogP contribution in [0.5, 0.6) is 0 Å². The van der Waals surface area contributed by atoms with Crippen LogP contribution in [-0.2, 0) is 22.5 Å². The van der Waals surface area contributed by atoms with Crippen LogP contribution >= 0.6 is 0 Å². The van der Waals surface area contributed by atoms with Crippen molar-refractivity contribution < 1.29 is 13.9 Å². The summed E-state index contributed by atoms with van der Waals surface area (Å²) in [7, 11) is 1.53. The fourth-order valence-corrected chi connectivity index (χ4v) is 2.36. The van der Waals surface area contributed by atoms with Crippen molar-refractivity contribution in [2.45, 2.75) is 32.9 Å². The van der Waals surface area contributed by atoms with Gasteiger partial charge < -0.3 is 9.64 Å². The molecule has 0 aromatic heterocycles. The molecule has 0 fully saturated rings. The zero-order valence-electron chi connectivity index (χ0n) is 11.0. The lowest BCUT2D eigenvalue weighted by molar-refractivity contribution is -0.141. The molecule has 1 heterocycles. The van der Waals surface area contributed by atoms with Gasteiger partial charge in [0, 0.05) is 20.2 Å². The predicted octanol–water partition coefficient (Wildman–Crippen LogP) is 2.05. The number of carbonyl (C=O) groups is 1. The van der Waals surface area contributed by atoms with Crippen LogP contribution in [0.1, 0.15) is 23.6 Å². The van der Waals surface area contributed by atoms with Gasteiger partial charge in [-0.25, -0.2) is 4.39 Å². The minimum atomic E-state index is -0.424. The molecule has 0 spiro atoms. The number of nitrogens with zero attached hydrogens (tertiary/aromatic N) is 1. The number of ether oxygens (including phenoxy) is 1. The Morgan fingerprint density at radius 1 is 1.50 bits per heavy atom. The van der Waals surface area contributed by atoms with Crippen molar-refractivity contribution in [2.75, 3.05) is 13.7 Å². The predicted molar refractivity (Wildman–Crippen MR) is 66.7 cm³/mol. The molecule has 0 aliphatic carbocycles. The standard InChI is InChI=1S/C14H18FNO2/c1-9-6-12(15)7-11-4-5-16(8-13(9)11)14(17)10(2)18-3/h6-7,10H,4-5,8H2,1-3H3. The van der Waals surface area contributed by atoms with Gasteiger partial charge in [0.2, 0.25) is 0 Å². The van der Waals surface area contributed by atoms with Gasteiger partial charge in [-0.05, 0) is 49.1 Å². The summed E-state index contributed by atoms with van der Waals surface area (Å²) in [5.41, 5.74) is 2.99. The molecule has 2 rings (SSSR count). The van der Waals surface area contributed by atoms with Crippen LogP contribution in [0.4, 0.5) is 4.39 Å². The van der Waals surface area contributed by atoms with E-state index in [2.05, 4.69) is 0 Å². The number of fused-ring (bicyclic) bond motifs is 1. The molecule has 0 bridgehead atoms. The molecule has 1 aliphatic rings. The first kappa shape index (κ1) is 13.0. The van der Waals surface area contributed by atoms with Crippen molar-refractivity contribution in [1.29, 1.82) is 0 Å². The molecule has 18 heavy (non-hydrogen) atoms. The van der Waals surface area contributed by atoms with Gasteiger partial charge in [0.25, 0.3) is 5.91 Å². The maximum atomic E-state index is 13.3. The first-order valence-corrected chi connectivity index (χ1v) is 6.12. The zero-order valence-corrected chi connectivity index (χ0v) is 11.0. The van der Waals surface area contributed by atoms with E-state index in [1.54, 1.807) is 17.9 Å². The van der Waals surface area contributed by atoms with Crippen LogP contribution in [0.15, 0.2) is 12.1 Å². The molecule has 0 N–H and O–H groups in total. The van der Waals surface area contributed by atoms with Crippen LogP contribution in [0.25, 0.3) is 0 Å². The Morgan fingerprint density at radius 3 is 2.89 bits per heavy atom. The van der Waals surface area contributed by atoms with Crippen LogP contribution in [-0.4, -0.2) is 30.6 Å². The third kappa shape index (κ3) is 2.38. The summed E-state index contributed by atoms with van der Waals surface area (Å²) in [6.45, 7) is 4.81. The summed E-state index contributed by atoms with van der Waals surface area (Å²) in [5, 5.41) is 0.